The molecule has 0 aromatic carbocycles. The third-order valence-corrected chi connectivity index (χ3v) is 6.01. The van der Waals surface area contributed by atoms with Gasteiger partial charge in [0.05, 0.1) is 13.2 Å². The molecule has 0 saturated carbocycles. The van der Waals surface area contributed by atoms with Gasteiger partial charge in [0.2, 0.25) is 0 Å². The van der Waals surface area contributed by atoms with Crippen molar-refractivity contribution in [2.45, 2.75) is 91.9 Å². The van der Waals surface area contributed by atoms with Gasteiger partial charge in [-0.15, -0.1) is 0 Å². The van der Waals surface area contributed by atoms with Crippen molar-refractivity contribution in [3.05, 3.63) is 0 Å². The Morgan fingerprint density at radius 2 is 1.13 bits per heavy atom. The minimum atomic E-state index is -4.43. The Bertz CT molecular complexity index is 542. The van der Waals surface area contributed by atoms with Crippen molar-refractivity contribution in [2.75, 3.05) is 19.9 Å². The number of phosphoric acid groups is 1. The van der Waals surface area contributed by atoms with Crippen molar-refractivity contribution in [2.24, 2.45) is 10.8 Å². The molecule has 3 N–H and O–H groups in total. The van der Waals surface area contributed by atoms with Gasteiger partial charge in [0.15, 0.2) is 0 Å². The first kappa shape index (κ1) is 29.9. The first-order chi connectivity index (χ1) is 13.5. The highest BCUT2D eigenvalue weighted by atomic mass is 31.2. The Balaban J connectivity index is 3.77. The molecule has 1 unspecified atom stereocenters. The topological polar surface area (TPSA) is 130 Å². The van der Waals surface area contributed by atoms with E-state index in [0.717, 1.165) is 51.4 Å². The smallest absolute Gasteiger partial charge is 0.324 e. The molecule has 0 heterocycles. The number of unbranched alkanes of at least 4 members (excludes halogenated alkanes) is 4. The molecule has 0 radical (unpaired) electrons. The van der Waals surface area contributed by atoms with Crippen molar-refractivity contribution < 1.29 is 37.7 Å². The van der Waals surface area contributed by atoms with E-state index in [2.05, 4.69) is 4.52 Å². The summed E-state index contributed by atoms with van der Waals surface area (Å²) >= 11 is 0. The fourth-order valence-corrected chi connectivity index (χ4v) is 4.13. The van der Waals surface area contributed by atoms with E-state index < -0.39 is 15.4 Å². The molecule has 0 saturated heterocycles. The molecule has 0 aliphatic rings. The highest BCUT2D eigenvalue weighted by Crippen LogP contribution is 2.40. The minimum Gasteiger partial charge on any atom is -0.324 e. The van der Waals surface area contributed by atoms with Crippen molar-refractivity contribution in [1.29, 1.82) is 0 Å². The summed E-state index contributed by atoms with van der Waals surface area (Å²) in [5, 5.41) is 0. The zero-order chi connectivity index (χ0) is 23.5. The molecular formula is C20H42O8P2. The van der Waals surface area contributed by atoms with E-state index in [9.17, 15) is 18.8 Å². The number of carbonyl (C=O) groups is 1. The summed E-state index contributed by atoms with van der Waals surface area (Å²) in [5.74, 6) is 0.272. The van der Waals surface area contributed by atoms with E-state index in [1.807, 2.05) is 27.7 Å². The van der Waals surface area contributed by atoms with Gasteiger partial charge < -0.3 is 19.2 Å². The Morgan fingerprint density at radius 1 is 0.733 bits per heavy atom. The predicted molar refractivity (Wildman–Crippen MR) is 118 cm³/mol. The molecule has 0 amide bonds. The monoisotopic (exact) mass is 472 g/mol. The van der Waals surface area contributed by atoms with Crippen LogP contribution in [-0.4, -0.2) is 40.3 Å². The molecule has 0 aliphatic carbocycles. The second kappa shape index (κ2) is 13.5. The Kier molecular flexibility index (Phi) is 13.4. The van der Waals surface area contributed by atoms with Crippen LogP contribution in [0.3, 0.4) is 0 Å². The standard InChI is InChI=1S/C20H42O8P2/c1-19(2,16-27-29(5,22)23)14-10-6-8-12-18(21)13-9-7-11-15-20(3,4)17-28-30(24,25)26/h6-17H2,1-5H3,(H,22,23)(H2,24,25,26). The van der Waals surface area contributed by atoms with Gasteiger partial charge in [0.25, 0.3) is 0 Å². The molecule has 0 aromatic rings. The van der Waals surface area contributed by atoms with Gasteiger partial charge in [-0.2, -0.15) is 0 Å². The Hall–Kier alpha value is -0.0700. The van der Waals surface area contributed by atoms with Crippen LogP contribution < -0.4 is 0 Å². The van der Waals surface area contributed by atoms with Crippen LogP contribution in [-0.2, 0) is 23.0 Å². The number of carbonyl (C=O) groups excluding carboxylic acids is 1. The van der Waals surface area contributed by atoms with E-state index >= 15 is 0 Å². The molecule has 8 nitrogen and oxygen atoms in total. The summed E-state index contributed by atoms with van der Waals surface area (Å²) in [4.78, 5) is 38.8. The maximum absolute atomic E-state index is 12.0. The summed E-state index contributed by atoms with van der Waals surface area (Å²) in [6, 6.07) is 0. The van der Waals surface area contributed by atoms with E-state index in [-0.39, 0.29) is 29.8 Å². The highest BCUT2D eigenvalue weighted by molar-refractivity contribution is 7.51. The lowest BCUT2D eigenvalue weighted by atomic mass is 9.87. The number of hydrogen-bond acceptors (Lipinski definition) is 5. The maximum Gasteiger partial charge on any atom is 0.469 e. The number of ketones is 1. The van der Waals surface area contributed by atoms with Crippen LogP contribution in [0.1, 0.15) is 91.9 Å². The van der Waals surface area contributed by atoms with E-state index in [1.54, 1.807) is 0 Å². The van der Waals surface area contributed by atoms with Crippen LogP contribution in [0, 0.1) is 10.8 Å². The van der Waals surface area contributed by atoms with Crippen LogP contribution in [0.5, 0.6) is 0 Å². The largest absolute Gasteiger partial charge is 0.469 e. The lowest BCUT2D eigenvalue weighted by molar-refractivity contribution is -0.119. The van der Waals surface area contributed by atoms with Crippen LogP contribution >= 0.6 is 15.4 Å². The lowest BCUT2D eigenvalue weighted by Crippen LogP contribution is -2.18. The number of rotatable bonds is 18. The molecule has 1 atom stereocenters. The van der Waals surface area contributed by atoms with Gasteiger partial charge in [0, 0.05) is 19.5 Å². The molecule has 10 heteroatoms. The third kappa shape index (κ3) is 19.9. The first-order valence-electron chi connectivity index (χ1n) is 10.7. The summed E-state index contributed by atoms with van der Waals surface area (Å²) in [7, 11) is -7.87. The zero-order valence-corrected chi connectivity index (χ0v) is 21.1. The summed E-state index contributed by atoms with van der Waals surface area (Å²) in [5.41, 5.74) is -0.475. The maximum atomic E-state index is 12.0. The Labute approximate surface area is 181 Å². The fraction of sp³-hybridized carbons (Fsp3) is 0.950. The van der Waals surface area contributed by atoms with Crippen molar-refractivity contribution in [3.8, 4) is 0 Å². The first-order valence-corrected chi connectivity index (χ1v) is 14.2. The molecule has 180 valence electrons. The molecule has 0 aliphatic heterocycles. The number of hydrogen-bond donors (Lipinski definition) is 3. The molecule has 0 bridgehead atoms. The zero-order valence-electron chi connectivity index (χ0n) is 19.3. The normalized spacial score (nSPS) is 15.2. The lowest BCUT2D eigenvalue weighted by Gasteiger charge is -2.25. The fourth-order valence-electron chi connectivity index (χ4n) is 3.03. The number of phosphoric ester groups is 1. The molecule has 30 heavy (non-hydrogen) atoms. The average Bonchev–Trinajstić information content (AvgIpc) is 2.57. The van der Waals surface area contributed by atoms with Gasteiger partial charge in [-0.05, 0) is 36.5 Å². The van der Waals surface area contributed by atoms with Crippen LogP contribution in [0.2, 0.25) is 0 Å². The predicted octanol–water partition coefficient (Wildman–Crippen LogP) is 5.45. The molecule has 0 fully saturated rings. The van der Waals surface area contributed by atoms with Crippen molar-refractivity contribution >= 4 is 21.2 Å². The van der Waals surface area contributed by atoms with Crippen LogP contribution in [0.4, 0.5) is 0 Å². The molecule has 0 spiro atoms. The van der Waals surface area contributed by atoms with E-state index in [0.29, 0.717) is 12.8 Å². The molecule has 0 aromatic heterocycles. The van der Waals surface area contributed by atoms with Crippen LogP contribution in [0.25, 0.3) is 0 Å². The Morgan fingerprint density at radius 3 is 1.50 bits per heavy atom. The van der Waals surface area contributed by atoms with Gasteiger partial charge in [-0.3, -0.25) is 13.9 Å². The van der Waals surface area contributed by atoms with Gasteiger partial charge in [0.1, 0.15) is 5.78 Å². The van der Waals surface area contributed by atoms with Crippen molar-refractivity contribution in [1.82, 2.24) is 0 Å². The van der Waals surface area contributed by atoms with E-state index in [4.69, 9.17) is 14.3 Å². The molecule has 0 rings (SSSR count). The summed E-state index contributed by atoms with van der Waals surface area (Å²) in [6.07, 6.45) is 8.20. The van der Waals surface area contributed by atoms with Crippen molar-refractivity contribution in [3.63, 3.8) is 0 Å². The minimum absolute atomic E-state index is 0.0108. The molecular weight excluding hydrogens is 430 g/mol. The van der Waals surface area contributed by atoms with Gasteiger partial charge in [-0.25, -0.2) is 4.57 Å². The second-order valence-corrected chi connectivity index (χ2v) is 12.9. The van der Waals surface area contributed by atoms with Gasteiger partial charge >= 0.3 is 15.4 Å². The quantitative estimate of drug-likeness (QED) is 0.177. The third-order valence-electron chi connectivity index (χ3n) is 4.94. The highest BCUT2D eigenvalue weighted by Gasteiger charge is 2.24. The second-order valence-electron chi connectivity index (χ2n) is 9.83. The summed E-state index contributed by atoms with van der Waals surface area (Å²) in [6.45, 7) is 9.28. The van der Waals surface area contributed by atoms with Crippen LogP contribution in [0.15, 0.2) is 0 Å². The van der Waals surface area contributed by atoms with Gasteiger partial charge in [-0.1, -0.05) is 53.4 Å². The van der Waals surface area contributed by atoms with E-state index in [1.165, 1.54) is 6.66 Å². The number of Topliss-reactive ketones (excluding diaryl/α,β-unsaturated/α-hetero) is 1. The average molecular weight is 472 g/mol. The summed E-state index contributed by atoms with van der Waals surface area (Å²) < 4.78 is 31.6. The SMILES string of the molecule is CC(C)(CCCCCC(=O)CCCCCC(C)(C)COP(=O)(O)O)COP(C)(=O)O.